The number of anilines is 2. The Morgan fingerprint density at radius 2 is 2.00 bits per heavy atom. The van der Waals surface area contributed by atoms with Crippen LogP contribution in [-0.4, -0.2) is 55.6 Å². The Morgan fingerprint density at radius 3 is 2.56 bits per heavy atom. The predicted molar refractivity (Wildman–Crippen MR) is 68.0 cm³/mol. The van der Waals surface area contributed by atoms with Crippen molar-refractivity contribution in [2.24, 2.45) is 0 Å². The number of rotatable bonds is 5. The lowest BCUT2D eigenvalue weighted by Gasteiger charge is -2.20. The third kappa shape index (κ3) is 3.66. The largest absolute Gasteiger partial charge is 0.368 e. The number of hydrogen-bond acceptors (Lipinski definition) is 5. The van der Waals surface area contributed by atoms with E-state index < -0.39 is 0 Å². The third-order valence-corrected chi connectivity index (χ3v) is 2.50. The molecule has 0 bridgehead atoms. The number of hydrogen-bond donors (Lipinski definition) is 1. The van der Waals surface area contributed by atoms with Gasteiger partial charge in [-0.15, -0.1) is 0 Å². The topological polar surface area (TPSA) is 44.3 Å². The van der Waals surface area contributed by atoms with Gasteiger partial charge in [-0.05, 0) is 27.1 Å². The normalized spacial score (nSPS) is 12.6. The summed E-state index contributed by atoms with van der Waals surface area (Å²) in [4.78, 5) is 12.6. The molecule has 0 aliphatic rings. The Bertz CT molecular complexity index is 324. The summed E-state index contributed by atoms with van der Waals surface area (Å²) < 4.78 is 0. The summed E-state index contributed by atoms with van der Waals surface area (Å²) in [5, 5.41) is 3.30. The predicted octanol–water partition coefficient (Wildman–Crippen LogP) is 0.905. The summed E-state index contributed by atoms with van der Waals surface area (Å²) in [5.74, 6) is 1.59. The average molecular weight is 223 g/mol. The van der Waals surface area contributed by atoms with Gasteiger partial charge >= 0.3 is 0 Å². The van der Waals surface area contributed by atoms with Crippen LogP contribution in [-0.2, 0) is 0 Å². The van der Waals surface area contributed by atoms with Crippen LogP contribution < -0.4 is 10.2 Å². The summed E-state index contributed by atoms with van der Waals surface area (Å²) >= 11 is 0. The highest BCUT2D eigenvalue weighted by Gasteiger charge is 2.05. The van der Waals surface area contributed by atoms with Gasteiger partial charge in [0.25, 0.3) is 0 Å². The van der Waals surface area contributed by atoms with E-state index in [1.54, 1.807) is 6.20 Å². The van der Waals surface area contributed by atoms with E-state index in [-0.39, 0.29) is 0 Å². The Hall–Kier alpha value is -1.36. The number of nitrogens with zero attached hydrogens (tertiary/aromatic N) is 4. The first-order valence-corrected chi connectivity index (χ1v) is 5.41. The lowest BCUT2D eigenvalue weighted by Crippen LogP contribution is -2.31. The Kier molecular flexibility index (Phi) is 4.49. The van der Waals surface area contributed by atoms with E-state index in [0.29, 0.717) is 6.04 Å². The molecule has 1 unspecified atom stereocenters. The van der Waals surface area contributed by atoms with E-state index in [1.807, 2.05) is 25.1 Å². The summed E-state index contributed by atoms with van der Waals surface area (Å²) in [6, 6.07) is 2.35. The van der Waals surface area contributed by atoms with Crippen LogP contribution in [0, 0.1) is 0 Å². The monoisotopic (exact) mass is 223 g/mol. The zero-order valence-corrected chi connectivity index (χ0v) is 10.7. The molecule has 1 aromatic rings. The molecule has 5 heteroatoms. The number of likely N-dealkylation sites (N-methyl/N-ethyl adjacent to an activating group) is 1. The van der Waals surface area contributed by atoms with Crippen molar-refractivity contribution in [3.05, 3.63) is 12.3 Å². The van der Waals surface area contributed by atoms with Crippen LogP contribution in [0.3, 0.4) is 0 Å². The first-order valence-electron chi connectivity index (χ1n) is 5.41. The van der Waals surface area contributed by atoms with E-state index in [1.165, 1.54) is 0 Å². The first-order chi connectivity index (χ1) is 7.50. The van der Waals surface area contributed by atoms with Gasteiger partial charge in [-0.2, -0.15) is 4.98 Å². The molecule has 0 saturated carbocycles. The molecule has 90 valence electrons. The molecule has 1 N–H and O–H groups in total. The van der Waals surface area contributed by atoms with Gasteiger partial charge in [0.1, 0.15) is 5.82 Å². The second-order valence-electron chi connectivity index (χ2n) is 4.33. The van der Waals surface area contributed by atoms with Crippen molar-refractivity contribution in [3.63, 3.8) is 0 Å². The van der Waals surface area contributed by atoms with Crippen LogP contribution in [0.5, 0.6) is 0 Å². The molecular formula is C11H21N5. The zero-order chi connectivity index (χ0) is 12.1. The van der Waals surface area contributed by atoms with E-state index in [9.17, 15) is 0 Å². The lowest BCUT2D eigenvalue weighted by atomic mass is 10.3. The van der Waals surface area contributed by atoms with Crippen molar-refractivity contribution in [1.82, 2.24) is 14.9 Å². The summed E-state index contributed by atoms with van der Waals surface area (Å²) in [6.07, 6.45) is 1.77. The van der Waals surface area contributed by atoms with Gasteiger partial charge in [-0.1, -0.05) is 0 Å². The molecule has 0 aliphatic heterocycles. The third-order valence-electron chi connectivity index (χ3n) is 2.50. The number of nitrogens with one attached hydrogen (secondary N) is 1. The number of aromatic nitrogens is 2. The van der Waals surface area contributed by atoms with Crippen molar-refractivity contribution in [2.45, 2.75) is 13.0 Å². The minimum Gasteiger partial charge on any atom is -0.368 e. The maximum Gasteiger partial charge on any atom is 0.226 e. The van der Waals surface area contributed by atoms with E-state index in [2.05, 4.69) is 41.2 Å². The standard InChI is InChI=1S/C11H21N5/c1-9(15(2)3)8-13-10-6-7-12-11(14-10)16(4)5/h6-7,9H,8H2,1-5H3,(H,12,13,14). The molecule has 16 heavy (non-hydrogen) atoms. The first kappa shape index (κ1) is 12.7. The van der Waals surface area contributed by atoms with Gasteiger partial charge in [-0.3, -0.25) is 0 Å². The molecule has 1 atom stereocenters. The molecular weight excluding hydrogens is 202 g/mol. The smallest absolute Gasteiger partial charge is 0.226 e. The maximum absolute atomic E-state index is 4.39. The Labute approximate surface area is 97.5 Å². The Morgan fingerprint density at radius 1 is 1.31 bits per heavy atom. The molecule has 0 saturated heterocycles. The van der Waals surface area contributed by atoms with Crippen molar-refractivity contribution in [2.75, 3.05) is 45.0 Å². The molecule has 0 fully saturated rings. The molecule has 0 aromatic carbocycles. The highest BCUT2D eigenvalue weighted by atomic mass is 15.2. The summed E-state index contributed by atoms with van der Waals surface area (Å²) in [5.41, 5.74) is 0. The molecule has 1 heterocycles. The van der Waals surface area contributed by atoms with Crippen molar-refractivity contribution in [3.8, 4) is 0 Å². The molecule has 0 radical (unpaired) electrons. The van der Waals surface area contributed by atoms with Crippen LogP contribution in [0.25, 0.3) is 0 Å². The van der Waals surface area contributed by atoms with Crippen molar-refractivity contribution < 1.29 is 0 Å². The van der Waals surface area contributed by atoms with Crippen LogP contribution in [0.15, 0.2) is 12.3 Å². The molecule has 5 nitrogen and oxygen atoms in total. The fraction of sp³-hybridized carbons (Fsp3) is 0.636. The van der Waals surface area contributed by atoms with E-state index in [4.69, 9.17) is 0 Å². The Balaban J connectivity index is 2.57. The van der Waals surface area contributed by atoms with E-state index in [0.717, 1.165) is 18.3 Å². The molecule has 0 spiro atoms. The average Bonchev–Trinajstić information content (AvgIpc) is 2.26. The van der Waals surface area contributed by atoms with Gasteiger partial charge < -0.3 is 15.1 Å². The van der Waals surface area contributed by atoms with Crippen LogP contribution in [0.2, 0.25) is 0 Å². The fourth-order valence-corrected chi connectivity index (χ4v) is 1.10. The summed E-state index contributed by atoms with van der Waals surface area (Å²) in [7, 11) is 8.00. The lowest BCUT2D eigenvalue weighted by molar-refractivity contribution is 0.326. The molecule has 1 aromatic heterocycles. The SMILES string of the molecule is CC(CNc1ccnc(N(C)C)n1)N(C)C. The van der Waals surface area contributed by atoms with Crippen LogP contribution in [0.1, 0.15) is 6.92 Å². The quantitative estimate of drug-likeness (QED) is 0.803. The van der Waals surface area contributed by atoms with Crippen LogP contribution in [0.4, 0.5) is 11.8 Å². The highest BCUT2D eigenvalue weighted by Crippen LogP contribution is 2.08. The molecule has 0 amide bonds. The van der Waals surface area contributed by atoms with E-state index >= 15 is 0 Å². The minimum absolute atomic E-state index is 0.470. The zero-order valence-electron chi connectivity index (χ0n) is 10.7. The van der Waals surface area contributed by atoms with Gasteiger partial charge in [0.15, 0.2) is 0 Å². The van der Waals surface area contributed by atoms with Gasteiger partial charge in [-0.25, -0.2) is 4.98 Å². The highest BCUT2D eigenvalue weighted by molar-refractivity contribution is 5.40. The maximum atomic E-state index is 4.39. The molecule has 0 aliphatic carbocycles. The fourth-order valence-electron chi connectivity index (χ4n) is 1.10. The second-order valence-corrected chi connectivity index (χ2v) is 4.33. The van der Waals surface area contributed by atoms with Crippen LogP contribution >= 0.6 is 0 Å². The summed E-state index contributed by atoms with van der Waals surface area (Å²) in [6.45, 7) is 3.04. The minimum atomic E-state index is 0.470. The molecule has 1 rings (SSSR count). The van der Waals surface area contributed by atoms with Gasteiger partial charge in [0, 0.05) is 32.9 Å². The second kappa shape index (κ2) is 5.65. The van der Waals surface area contributed by atoms with Gasteiger partial charge in [0.05, 0.1) is 0 Å². The van der Waals surface area contributed by atoms with Crippen molar-refractivity contribution in [1.29, 1.82) is 0 Å². The van der Waals surface area contributed by atoms with Gasteiger partial charge in [0.2, 0.25) is 5.95 Å². The van der Waals surface area contributed by atoms with Crippen molar-refractivity contribution >= 4 is 11.8 Å².